The van der Waals surface area contributed by atoms with Gasteiger partial charge in [0.25, 0.3) is 0 Å². The van der Waals surface area contributed by atoms with Crippen LogP contribution in [-0.2, 0) is 0 Å². The molecule has 0 aliphatic carbocycles. The Morgan fingerprint density at radius 2 is 2.10 bits per heavy atom. The second kappa shape index (κ2) is 6.23. The predicted octanol–water partition coefficient (Wildman–Crippen LogP) is 3.20. The van der Waals surface area contributed by atoms with Gasteiger partial charge in [0.1, 0.15) is 5.82 Å². The van der Waals surface area contributed by atoms with Crippen molar-refractivity contribution in [3.8, 4) is 0 Å². The Balaban J connectivity index is 1.79. The summed E-state index contributed by atoms with van der Waals surface area (Å²) in [5.74, 6) is 1.10. The zero-order valence-corrected chi connectivity index (χ0v) is 12.2. The molecular weight excluding hydrogens is 246 g/mol. The maximum atomic E-state index is 4.81. The lowest BCUT2D eigenvalue weighted by molar-refractivity contribution is 0.400. The van der Waals surface area contributed by atoms with Crippen LogP contribution in [0.5, 0.6) is 0 Å². The largest absolute Gasteiger partial charge is 0.355 e. The van der Waals surface area contributed by atoms with Gasteiger partial charge < -0.3 is 10.2 Å². The summed E-state index contributed by atoms with van der Waals surface area (Å²) in [5.41, 5.74) is 1.08. The molecule has 3 heteroatoms. The molecule has 0 bridgehead atoms. The van der Waals surface area contributed by atoms with Gasteiger partial charge in [0, 0.05) is 24.5 Å². The standard InChI is InChI=1S/C17H23N3/c1-2-20(13-15-8-5-6-12-18-15)17-11-10-14-7-3-4-9-16(14)19-17/h3-4,7,9-11,15,18H,2,5-6,8,12-13H2,1H3. The van der Waals surface area contributed by atoms with Crippen LogP contribution in [0.15, 0.2) is 36.4 Å². The average molecular weight is 269 g/mol. The van der Waals surface area contributed by atoms with Gasteiger partial charge >= 0.3 is 0 Å². The average Bonchev–Trinajstić information content (AvgIpc) is 2.53. The number of anilines is 1. The summed E-state index contributed by atoms with van der Waals surface area (Å²) < 4.78 is 0. The summed E-state index contributed by atoms with van der Waals surface area (Å²) in [5, 5.41) is 4.83. The monoisotopic (exact) mass is 269 g/mol. The summed E-state index contributed by atoms with van der Waals surface area (Å²) in [6.07, 6.45) is 3.95. The number of hydrogen-bond acceptors (Lipinski definition) is 3. The van der Waals surface area contributed by atoms with Gasteiger partial charge in [-0.05, 0) is 44.5 Å². The minimum Gasteiger partial charge on any atom is -0.355 e. The number of aromatic nitrogens is 1. The smallest absolute Gasteiger partial charge is 0.129 e. The quantitative estimate of drug-likeness (QED) is 0.924. The Morgan fingerprint density at radius 3 is 2.90 bits per heavy atom. The highest BCUT2D eigenvalue weighted by Crippen LogP contribution is 2.19. The van der Waals surface area contributed by atoms with Crippen molar-refractivity contribution < 1.29 is 0 Å². The lowest BCUT2D eigenvalue weighted by Crippen LogP contribution is -2.44. The maximum Gasteiger partial charge on any atom is 0.129 e. The molecule has 106 valence electrons. The van der Waals surface area contributed by atoms with E-state index >= 15 is 0 Å². The fourth-order valence-electron chi connectivity index (χ4n) is 2.96. The summed E-state index contributed by atoms with van der Waals surface area (Å²) in [4.78, 5) is 7.19. The second-order valence-corrected chi connectivity index (χ2v) is 5.55. The van der Waals surface area contributed by atoms with Gasteiger partial charge in [-0.25, -0.2) is 4.98 Å². The van der Waals surface area contributed by atoms with Crippen molar-refractivity contribution in [2.24, 2.45) is 0 Å². The second-order valence-electron chi connectivity index (χ2n) is 5.55. The van der Waals surface area contributed by atoms with Crippen molar-refractivity contribution in [2.45, 2.75) is 32.2 Å². The van der Waals surface area contributed by atoms with E-state index in [1.165, 1.54) is 24.6 Å². The molecule has 1 aliphatic rings. The molecule has 1 aliphatic heterocycles. The van der Waals surface area contributed by atoms with Gasteiger partial charge in [-0.15, -0.1) is 0 Å². The Bertz CT molecular complexity index is 561. The third-order valence-corrected chi connectivity index (χ3v) is 4.14. The Kier molecular flexibility index (Phi) is 4.16. The molecule has 20 heavy (non-hydrogen) atoms. The number of hydrogen-bond donors (Lipinski definition) is 1. The van der Waals surface area contributed by atoms with E-state index in [1.807, 2.05) is 0 Å². The highest BCUT2D eigenvalue weighted by Gasteiger charge is 2.16. The Morgan fingerprint density at radius 1 is 1.20 bits per heavy atom. The lowest BCUT2D eigenvalue weighted by Gasteiger charge is -2.30. The van der Waals surface area contributed by atoms with Crippen LogP contribution in [0.3, 0.4) is 0 Å². The molecule has 1 unspecified atom stereocenters. The highest BCUT2D eigenvalue weighted by molar-refractivity contribution is 5.80. The maximum absolute atomic E-state index is 4.81. The summed E-state index contributed by atoms with van der Waals surface area (Å²) in [7, 11) is 0. The fourth-order valence-corrected chi connectivity index (χ4v) is 2.96. The molecule has 1 atom stereocenters. The van der Waals surface area contributed by atoms with Crippen molar-refractivity contribution in [2.75, 3.05) is 24.5 Å². The molecule has 1 aromatic heterocycles. The van der Waals surface area contributed by atoms with E-state index in [9.17, 15) is 0 Å². The van der Waals surface area contributed by atoms with Crippen LogP contribution in [0.2, 0.25) is 0 Å². The van der Waals surface area contributed by atoms with Crippen molar-refractivity contribution in [1.29, 1.82) is 0 Å². The first-order valence-corrected chi connectivity index (χ1v) is 7.71. The molecule has 3 nitrogen and oxygen atoms in total. The number of likely N-dealkylation sites (N-methyl/N-ethyl adjacent to an activating group) is 1. The van der Waals surface area contributed by atoms with Crippen LogP contribution in [0.25, 0.3) is 10.9 Å². The Hall–Kier alpha value is -1.61. The van der Waals surface area contributed by atoms with E-state index in [4.69, 9.17) is 4.98 Å². The molecular formula is C17H23N3. The van der Waals surface area contributed by atoms with E-state index in [1.54, 1.807) is 0 Å². The van der Waals surface area contributed by atoms with E-state index in [0.29, 0.717) is 6.04 Å². The van der Waals surface area contributed by atoms with Gasteiger partial charge in [0.05, 0.1) is 5.52 Å². The van der Waals surface area contributed by atoms with Crippen LogP contribution < -0.4 is 10.2 Å². The fraction of sp³-hybridized carbons (Fsp3) is 0.471. The van der Waals surface area contributed by atoms with Gasteiger partial charge in [-0.2, -0.15) is 0 Å². The molecule has 0 spiro atoms. The summed E-state index contributed by atoms with van der Waals surface area (Å²) >= 11 is 0. The highest BCUT2D eigenvalue weighted by atomic mass is 15.2. The number of nitrogens with zero attached hydrogens (tertiary/aromatic N) is 2. The SMILES string of the molecule is CCN(CC1CCCCN1)c1ccc2ccccc2n1. The summed E-state index contributed by atoms with van der Waals surface area (Å²) in [6, 6.07) is 13.3. The topological polar surface area (TPSA) is 28.2 Å². The number of benzene rings is 1. The first-order valence-electron chi connectivity index (χ1n) is 7.71. The number of fused-ring (bicyclic) bond motifs is 1. The van der Waals surface area contributed by atoms with Gasteiger partial charge in [-0.1, -0.05) is 24.6 Å². The third-order valence-electron chi connectivity index (χ3n) is 4.14. The van der Waals surface area contributed by atoms with Crippen LogP contribution in [0.4, 0.5) is 5.82 Å². The number of piperidine rings is 1. The van der Waals surface area contributed by atoms with E-state index in [-0.39, 0.29) is 0 Å². The Labute approximate surface area is 121 Å². The van der Waals surface area contributed by atoms with Crippen molar-refractivity contribution in [1.82, 2.24) is 10.3 Å². The first kappa shape index (κ1) is 13.4. The van der Waals surface area contributed by atoms with Gasteiger partial charge in [0.2, 0.25) is 0 Å². The van der Waals surface area contributed by atoms with Gasteiger partial charge in [0.15, 0.2) is 0 Å². The molecule has 3 rings (SSSR count). The van der Waals surface area contributed by atoms with Crippen LogP contribution >= 0.6 is 0 Å². The van der Waals surface area contributed by atoms with Crippen LogP contribution in [-0.4, -0.2) is 30.7 Å². The van der Waals surface area contributed by atoms with Crippen molar-refractivity contribution in [3.63, 3.8) is 0 Å². The van der Waals surface area contributed by atoms with Crippen molar-refractivity contribution in [3.05, 3.63) is 36.4 Å². The van der Waals surface area contributed by atoms with E-state index in [2.05, 4.69) is 53.5 Å². The molecule has 2 heterocycles. The minimum absolute atomic E-state index is 0.608. The number of para-hydroxylation sites is 1. The molecule has 1 saturated heterocycles. The molecule has 0 amide bonds. The number of nitrogens with one attached hydrogen (secondary N) is 1. The van der Waals surface area contributed by atoms with Crippen LogP contribution in [0.1, 0.15) is 26.2 Å². The zero-order valence-electron chi connectivity index (χ0n) is 12.2. The molecule has 0 radical (unpaired) electrons. The molecule has 1 fully saturated rings. The minimum atomic E-state index is 0.608. The number of rotatable bonds is 4. The van der Waals surface area contributed by atoms with Crippen LogP contribution in [0, 0.1) is 0 Å². The molecule has 2 aromatic rings. The predicted molar refractivity (Wildman–Crippen MR) is 85.3 cm³/mol. The first-order chi connectivity index (χ1) is 9.86. The molecule has 1 aromatic carbocycles. The van der Waals surface area contributed by atoms with Gasteiger partial charge in [-0.3, -0.25) is 0 Å². The lowest BCUT2D eigenvalue weighted by atomic mass is 10.0. The normalized spacial score (nSPS) is 19.1. The molecule has 0 saturated carbocycles. The van der Waals surface area contributed by atoms with E-state index < -0.39 is 0 Å². The van der Waals surface area contributed by atoms with Crippen molar-refractivity contribution >= 4 is 16.7 Å². The van der Waals surface area contributed by atoms with E-state index in [0.717, 1.165) is 31.0 Å². The third kappa shape index (κ3) is 2.93. The number of pyridine rings is 1. The molecule has 1 N–H and O–H groups in total. The summed E-state index contributed by atoms with van der Waals surface area (Å²) in [6.45, 7) is 5.43. The zero-order chi connectivity index (χ0) is 13.8.